The molecule has 2 rings (SSSR count). The van der Waals surface area contributed by atoms with Crippen LogP contribution in [-0.4, -0.2) is 23.8 Å². The largest absolute Gasteiger partial charge is 0.506 e. The second-order valence-electron chi connectivity index (χ2n) is 5.18. The van der Waals surface area contributed by atoms with Crippen LogP contribution in [0.5, 0.6) is 11.5 Å². The number of aromatic hydroxyl groups is 1. The van der Waals surface area contributed by atoms with Crippen LogP contribution in [0.4, 0.5) is 0 Å². The maximum absolute atomic E-state index is 11.8. The number of hydrogen-bond acceptors (Lipinski definition) is 4. The van der Waals surface area contributed by atoms with Gasteiger partial charge in [-0.15, -0.1) is 0 Å². The molecule has 0 aliphatic rings. The van der Waals surface area contributed by atoms with Gasteiger partial charge < -0.3 is 9.84 Å². The molecule has 2 N–H and O–H groups in total. The molecule has 0 radical (unpaired) electrons. The van der Waals surface area contributed by atoms with Gasteiger partial charge in [-0.25, -0.2) is 5.43 Å². The van der Waals surface area contributed by atoms with E-state index in [2.05, 4.69) is 26.5 Å². The van der Waals surface area contributed by atoms with Crippen molar-refractivity contribution in [2.75, 3.05) is 6.61 Å². The molecule has 0 unspecified atom stereocenters. The van der Waals surface area contributed by atoms with Crippen LogP contribution in [0.3, 0.4) is 0 Å². The molecule has 0 aliphatic carbocycles. The summed E-state index contributed by atoms with van der Waals surface area (Å²) in [5.41, 5.74) is 4.80. The summed E-state index contributed by atoms with van der Waals surface area (Å²) in [6, 6.07) is 8.90. The number of phenols is 1. The Balaban J connectivity index is 1.91. The van der Waals surface area contributed by atoms with Gasteiger partial charge in [0.05, 0.1) is 11.2 Å². The normalized spacial score (nSPS) is 10.8. The molecule has 0 saturated heterocycles. The molecule has 0 spiro atoms. The second kappa shape index (κ2) is 8.17. The molecule has 2 aromatic rings. The Bertz CT molecular complexity index is 794. The number of hydrazone groups is 1. The minimum atomic E-state index is -0.410. The van der Waals surface area contributed by atoms with Crippen LogP contribution >= 0.6 is 27.5 Å². The molecule has 0 heterocycles. The van der Waals surface area contributed by atoms with Gasteiger partial charge in [0, 0.05) is 10.0 Å². The van der Waals surface area contributed by atoms with Gasteiger partial charge in [-0.1, -0.05) is 45.2 Å². The van der Waals surface area contributed by atoms with Gasteiger partial charge in [0.15, 0.2) is 6.61 Å². The molecule has 126 valence electrons. The summed E-state index contributed by atoms with van der Waals surface area (Å²) in [6.45, 7) is 3.74. The van der Waals surface area contributed by atoms with Crippen molar-refractivity contribution in [3.05, 3.63) is 56.5 Å². The second-order valence-corrected chi connectivity index (χ2v) is 6.50. The number of aryl methyl sites for hydroxylation is 2. The molecule has 5 nitrogen and oxygen atoms in total. The van der Waals surface area contributed by atoms with E-state index in [1.807, 2.05) is 32.0 Å². The molecule has 0 aromatic heterocycles. The molecule has 0 aliphatic heterocycles. The number of ether oxygens (including phenoxy) is 1. The number of hydrogen-bond donors (Lipinski definition) is 2. The van der Waals surface area contributed by atoms with E-state index in [4.69, 9.17) is 16.3 Å². The summed E-state index contributed by atoms with van der Waals surface area (Å²) >= 11 is 9.12. The number of carbonyl (C=O) groups excluding carboxylic acids is 1. The number of nitrogens with zero attached hydrogens (tertiary/aromatic N) is 1. The molecule has 0 atom stereocenters. The van der Waals surface area contributed by atoms with Gasteiger partial charge in [0.25, 0.3) is 5.91 Å². The number of benzene rings is 2. The summed E-state index contributed by atoms with van der Waals surface area (Å²) in [5, 5.41) is 13.8. The Morgan fingerprint density at radius 3 is 2.83 bits per heavy atom. The smallest absolute Gasteiger partial charge is 0.277 e. The number of rotatable bonds is 5. The van der Waals surface area contributed by atoms with Crippen molar-refractivity contribution in [2.45, 2.75) is 13.8 Å². The molecular weight excluding hydrogens is 396 g/mol. The highest BCUT2D eigenvalue weighted by Crippen LogP contribution is 2.30. The molecule has 0 bridgehead atoms. The Morgan fingerprint density at radius 2 is 2.12 bits per heavy atom. The molecule has 7 heteroatoms. The van der Waals surface area contributed by atoms with Gasteiger partial charge >= 0.3 is 0 Å². The third-order valence-electron chi connectivity index (χ3n) is 3.14. The highest BCUT2D eigenvalue weighted by molar-refractivity contribution is 9.10. The van der Waals surface area contributed by atoms with Gasteiger partial charge in [-0.2, -0.15) is 5.10 Å². The summed E-state index contributed by atoms with van der Waals surface area (Å²) in [6.07, 6.45) is 1.31. The van der Waals surface area contributed by atoms with Gasteiger partial charge in [0.2, 0.25) is 0 Å². The first-order valence-corrected chi connectivity index (χ1v) is 8.24. The standard InChI is InChI=1S/C17H16BrClN2O3/c1-10-3-4-15(11(2)5-10)24-9-16(22)21-20-8-12-6-13(18)7-14(19)17(12)23/h3-8,23H,9H2,1-2H3,(H,21,22). The maximum atomic E-state index is 11.8. The first-order chi connectivity index (χ1) is 11.4. The van der Waals surface area contributed by atoms with Crippen LogP contribution in [0, 0.1) is 13.8 Å². The summed E-state index contributed by atoms with van der Waals surface area (Å²) in [4.78, 5) is 11.8. The van der Waals surface area contributed by atoms with E-state index >= 15 is 0 Å². The van der Waals surface area contributed by atoms with Crippen molar-refractivity contribution in [3.63, 3.8) is 0 Å². The number of halogens is 2. The zero-order chi connectivity index (χ0) is 17.7. The fraction of sp³-hybridized carbons (Fsp3) is 0.176. The van der Waals surface area contributed by atoms with Crippen molar-refractivity contribution < 1.29 is 14.6 Å². The SMILES string of the molecule is Cc1ccc(OCC(=O)NN=Cc2cc(Br)cc(Cl)c2O)c(C)c1. The van der Waals surface area contributed by atoms with Crippen LogP contribution < -0.4 is 10.2 Å². The lowest BCUT2D eigenvalue weighted by Crippen LogP contribution is -2.24. The van der Waals surface area contributed by atoms with Gasteiger partial charge in [-0.3, -0.25) is 4.79 Å². The van der Waals surface area contributed by atoms with Crippen molar-refractivity contribution in [3.8, 4) is 11.5 Å². The van der Waals surface area contributed by atoms with Crippen LogP contribution in [0.15, 0.2) is 39.9 Å². The fourth-order valence-corrected chi connectivity index (χ4v) is 2.83. The highest BCUT2D eigenvalue weighted by atomic mass is 79.9. The summed E-state index contributed by atoms with van der Waals surface area (Å²) in [7, 11) is 0. The third kappa shape index (κ3) is 4.97. The molecular formula is C17H16BrClN2O3. The minimum absolute atomic E-state index is 0.107. The van der Waals surface area contributed by atoms with Crippen molar-refractivity contribution in [2.24, 2.45) is 5.10 Å². The average molecular weight is 412 g/mol. The zero-order valence-corrected chi connectivity index (χ0v) is 15.5. The average Bonchev–Trinajstić information content (AvgIpc) is 2.51. The van der Waals surface area contributed by atoms with E-state index in [-0.39, 0.29) is 17.4 Å². The van der Waals surface area contributed by atoms with E-state index in [1.54, 1.807) is 12.1 Å². The molecule has 24 heavy (non-hydrogen) atoms. The van der Waals surface area contributed by atoms with Gasteiger partial charge in [0.1, 0.15) is 11.5 Å². The fourth-order valence-electron chi connectivity index (χ4n) is 1.99. The van der Waals surface area contributed by atoms with Crippen LogP contribution in [0.2, 0.25) is 5.02 Å². The summed E-state index contributed by atoms with van der Waals surface area (Å²) < 4.78 is 6.15. The Kier molecular flexibility index (Phi) is 6.23. The lowest BCUT2D eigenvalue weighted by atomic mass is 10.1. The lowest BCUT2D eigenvalue weighted by Gasteiger charge is -2.08. The van der Waals surface area contributed by atoms with Crippen LogP contribution in [0.1, 0.15) is 16.7 Å². The quantitative estimate of drug-likeness (QED) is 0.578. The van der Waals surface area contributed by atoms with Crippen molar-refractivity contribution in [1.29, 1.82) is 0 Å². The van der Waals surface area contributed by atoms with E-state index in [1.165, 1.54) is 6.21 Å². The van der Waals surface area contributed by atoms with E-state index in [0.717, 1.165) is 11.1 Å². The maximum Gasteiger partial charge on any atom is 0.277 e. The summed E-state index contributed by atoms with van der Waals surface area (Å²) in [5.74, 6) is 0.132. The number of nitrogens with one attached hydrogen (secondary N) is 1. The molecule has 2 aromatic carbocycles. The van der Waals surface area contributed by atoms with E-state index in [0.29, 0.717) is 15.8 Å². The van der Waals surface area contributed by atoms with E-state index in [9.17, 15) is 9.90 Å². The number of amides is 1. The number of carbonyl (C=O) groups is 1. The minimum Gasteiger partial charge on any atom is -0.506 e. The predicted molar refractivity (Wildman–Crippen MR) is 98.0 cm³/mol. The first kappa shape index (κ1) is 18.3. The van der Waals surface area contributed by atoms with Crippen molar-refractivity contribution in [1.82, 2.24) is 5.43 Å². The third-order valence-corrected chi connectivity index (χ3v) is 3.89. The molecule has 0 saturated carbocycles. The number of phenolic OH excluding ortho intramolecular Hbond substituents is 1. The Hall–Kier alpha value is -2.05. The molecule has 1 amide bonds. The highest BCUT2D eigenvalue weighted by Gasteiger charge is 2.07. The van der Waals surface area contributed by atoms with Crippen LogP contribution in [0.25, 0.3) is 0 Å². The predicted octanol–water partition coefficient (Wildman–Crippen LogP) is 3.95. The Labute approximate surface area is 153 Å². The van der Waals surface area contributed by atoms with Gasteiger partial charge in [-0.05, 0) is 37.6 Å². The monoisotopic (exact) mass is 410 g/mol. The van der Waals surface area contributed by atoms with Crippen molar-refractivity contribution >= 4 is 39.7 Å². The van der Waals surface area contributed by atoms with E-state index < -0.39 is 5.91 Å². The topological polar surface area (TPSA) is 70.9 Å². The Morgan fingerprint density at radius 1 is 1.38 bits per heavy atom. The lowest BCUT2D eigenvalue weighted by molar-refractivity contribution is -0.123. The van der Waals surface area contributed by atoms with Crippen LogP contribution in [-0.2, 0) is 4.79 Å². The zero-order valence-electron chi connectivity index (χ0n) is 13.1. The molecule has 0 fully saturated rings. The first-order valence-electron chi connectivity index (χ1n) is 7.07.